The predicted octanol–water partition coefficient (Wildman–Crippen LogP) is 4.99. The number of hydrogen-bond acceptors (Lipinski definition) is 5. The Morgan fingerprint density at radius 1 is 1.21 bits per heavy atom. The highest BCUT2D eigenvalue weighted by molar-refractivity contribution is 7.14. The van der Waals surface area contributed by atoms with Crippen LogP contribution >= 0.6 is 22.9 Å². The van der Waals surface area contributed by atoms with Gasteiger partial charge in [0.1, 0.15) is 9.94 Å². The van der Waals surface area contributed by atoms with Gasteiger partial charge in [0.15, 0.2) is 0 Å². The topological polar surface area (TPSA) is 53.0 Å². The highest BCUT2D eigenvalue weighted by Crippen LogP contribution is 2.43. The third-order valence-electron chi connectivity index (χ3n) is 5.37. The van der Waals surface area contributed by atoms with Gasteiger partial charge in [-0.05, 0) is 45.1 Å². The molecule has 2 heterocycles. The largest absolute Gasteiger partial charge is 0.444 e. The molecule has 1 saturated carbocycles. The number of ether oxygens (including phenoxy) is 1. The SMILES string of the molecule is CC(C)(C)OC(=O)N1CCN(C=C(c2ccsc2Cl)C2(O)CCCCC2)CC1. The van der Waals surface area contributed by atoms with Gasteiger partial charge in [0.2, 0.25) is 0 Å². The van der Waals surface area contributed by atoms with Crippen LogP contribution in [0.4, 0.5) is 4.79 Å². The molecule has 3 rings (SSSR count). The van der Waals surface area contributed by atoms with E-state index in [9.17, 15) is 9.90 Å². The fraction of sp³-hybridized carbons (Fsp3) is 0.667. The van der Waals surface area contributed by atoms with Gasteiger partial charge in [0.05, 0.1) is 5.60 Å². The summed E-state index contributed by atoms with van der Waals surface area (Å²) in [6, 6.07) is 2.00. The number of carbonyl (C=O) groups is 1. The maximum atomic E-state index is 12.3. The van der Waals surface area contributed by atoms with E-state index in [1.165, 1.54) is 17.8 Å². The monoisotopic (exact) mass is 426 g/mol. The third kappa shape index (κ3) is 5.22. The Balaban J connectivity index is 1.74. The van der Waals surface area contributed by atoms with Crippen LogP contribution in [0.1, 0.15) is 58.4 Å². The molecule has 156 valence electrons. The summed E-state index contributed by atoms with van der Waals surface area (Å²) in [5.74, 6) is 0. The van der Waals surface area contributed by atoms with Crippen molar-refractivity contribution in [3.8, 4) is 0 Å². The van der Waals surface area contributed by atoms with Crippen LogP contribution in [0.5, 0.6) is 0 Å². The van der Waals surface area contributed by atoms with Crippen molar-refractivity contribution in [3.05, 3.63) is 27.5 Å². The Hall–Kier alpha value is -1.24. The number of thiophene rings is 1. The summed E-state index contributed by atoms with van der Waals surface area (Å²) < 4.78 is 6.20. The fourth-order valence-electron chi connectivity index (χ4n) is 3.88. The van der Waals surface area contributed by atoms with E-state index in [4.69, 9.17) is 16.3 Å². The van der Waals surface area contributed by atoms with Gasteiger partial charge in [0, 0.05) is 43.5 Å². The van der Waals surface area contributed by atoms with Crippen LogP contribution < -0.4 is 0 Å². The summed E-state index contributed by atoms with van der Waals surface area (Å²) >= 11 is 7.93. The van der Waals surface area contributed by atoms with Gasteiger partial charge in [-0.15, -0.1) is 11.3 Å². The van der Waals surface area contributed by atoms with E-state index >= 15 is 0 Å². The van der Waals surface area contributed by atoms with Crippen molar-refractivity contribution in [2.45, 2.75) is 64.1 Å². The molecule has 1 aromatic rings. The lowest BCUT2D eigenvalue weighted by molar-refractivity contribution is 0.0173. The first-order chi connectivity index (χ1) is 13.2. The van der Waals surface area contributed by atoms with Crippen molar-refractivity contribution in [3.63, 3.8) is 0 Å². The second-order valence-corrected chi connectivity index (χ2v) is 10.3. The molecule has 1 aliphatic carbocycles. The number of hydrogen-bond donors (Lipinski definition) is 1. The van der Waals surface area contributed by atoms with E-state index in [-0.39, 0.29) is 6.09 Å². The summed E-state index contributed by atoms with van der Waals surface area (Å²) in [7, 11) is 0. The lowest BCUT2D eigenvalue weighted by Gasteiger charge is -2.38. The molecule has 0 spiro atoms. The molecule has 0 bridgehead atoms. The van der Waals surface area contributed by atoms with Gasteiger partial charge in [0.25, 0.3) is 0 Å². The minimum Gasteiger partial charge on any atom is -0.444 e. The molecular formula is C21H31ClN2O3S. The zero-order chi connectivity index (χ0) is 20.4. The van der Waals surface area contributed by atoms with Crippen LogP contribution in [0.3, 0.4) is 0 Å². The van der Waals surface area contributed by atoms with Crippen LogP contribution in [-0.2, 0) is 4.74 Å². The number of halogens is 1. The summed E-state index contributed by atoms with van der Waals surface area (Å²) in [5.41, 5.74) is 0.543. The first-order valence-corrected chi connectivity index (χ1v) is 11.3. The van der Waals surface area contributed by atoms with Crippen molar-refractivity contribution in [2.24, 2.45) is 0 Å². The molecule has 1 aromatic heterocycles. The molecule has 28 heavy (non-hydrogen) atoms. The maximum Gasteiger partial charge on any atom is 0.410 e. The molecule has 2 fully saturated rings. The van der Waals surface area contributed by atoms with Crippen molar-refractivity contribution in [1.82, 2.24) is 9.80 Å². The quantitative estimate of drug-likeness (QED) is 0.739. The number of aliphatic hydroxyl groups is 1. The van der Waals surface area contributed by atoms with Gasteiger partial charge >= 0.3 is 6.09 Å². The molecule has 7 heteroatoms. The smallest absolute Gasteiger partial charge is 0.410 e. The van der Waals surface area contributed by atoms with Crippen molar-refractivity contribution in [1.29, 1.82) is 0 Å². The minimum absolute atomic E-state index is 0.261. The van der Waals surface area contributed by atoms with Crippen molar-refractivity contribution >= 4 is 34.6 Å². The highest BCUT2D eigenvalue weighted by atomic mass is 35.5. The van der Waals surface area contributed by atoms with Gasteiger partial charge in [-0.25, -0.2) is 4.79 Å². The van der Waals surface area contributed by atoms with E-state index in [1.807, 2.05) is 32.2 Å². The molecule has 0 atom stereocenters. The third-order valence-corrected chi connectivity index (χ3v) is 6.54. The van der Waals surface area contributed by atoms with Gasteiger partial charge in [-0.2, -0.15) is 0 Å². The van der Waals surface area contributed by atoms with Crippen molar-refractivity contribution in [2.75, 3.05) is 26.2 Å². The number of piperazine rings is 1. The van der Waals surface area contributed by atoms with Crippen LogP contribution in [0.2, 0.25) is 4.34 Å². The molecule has 0 radical (unpaired) electrons. The van der Waals surface area contributed by atoms with Gasteiger partial charge in [-0.3, -0.25) is 0 Å². The molecule has 1 saturated heterocycles. The Bertz CT molecular complexity index is 711. The molecule has 5 nitrogen and oxygen atoms in total. The Morgan fingerprint density at radius 2 is 1.86 bits per heavy atom. The zero-order valence-corrected chi connectivity index (χ0v) is 18.6. The molecule has 2 aliphatic rings. The van der Waals surface area contributed by atoms with E-state index in [0.717, 1.165) is 41.2 Å². The first-order valence-electron chi connectivity index (χ1n) is 10.1. The van der Waals surface area contributed by atoms with Crippen molar-refractivity contribution < 1.29 is 14.6 Å². The normalized spacial score (nSPS) is 21.0. The van der Waals surface area contributed by atoms with Crippen LogP contribution in [0.25, 0.3) is 5.57 Å². The number of carbonyl (C=O) groups excluding carboxylic acids is 1. The van der Waals surface area contributed by atoms with Gasteiger partial charge < -0.3 is 19.6 Å². The Kier molecular flexibility index (Phi) is 6.62. The molecule has 1 amide bonds. The Morgan fingerprint density at radius 3 is 2.39 bits per heavy atom. The average molecular weight is 427 g/mol. The van der Waals surface area contributed by atoms with Crippen LogP contribution in [0, 0.1) is 0 Å². The molecular weight excluding hydrogens is 396 g/mol. The highest BCUT2D eigenvalue weighted by Gasteiger charge is 2.36. The zero-order valence-electron chi connectivity index (χ0n) is 17.0. The number of nitrogens with zero attached hydrogens (tertiary/aromatic N) is 2. The second-order valence-electron chi connectivity index (χ2n) is 8.75. The minimum atomic E-state index is -0.828. The van der Waals surface area contributed by atoms with Crippen LogP contribution in [0.15, 0.2) is 17.6 Å². The molecule has 1 N–H and O–H groups in total. The van der Waals surface area contributed by atoms with E-state index in [0.29, 0.717) is 26.2 Å². The summed E-state index contributed by atoms with van der Waals surface area (Å²) in [5, 5.41) is 13.4. The fourth-order valence-corrected chi connectivity index (χ4v) is 4.82. The van der Waals surface area contributed by atoms with E-state index in [1.54, 1.807) is 4.90 Å². The van der Waals surface area contributed by atoms with E-state index < -0.39 is 11.2 Å². The predicted molar refractivity (Wildman–Crippen MR) is 115 cm³/mol. The molecule has 0 aromatic carbocycles. The lowest BCUT2D eigenvalue weighted by Crippen LogP contribution is -2.48. The lowest BCUT2D eigenvalue weighted by atomic mass is 9.77. The average Bonchev–Trinajstić information content (AvgIpc) is 3.05. The molecule has 0 unspecified atom stereocenters. The maximum absolute atomic E-state index is 12.3. The summed E-state index contributed by atoms with van der Waals surface area (Å²) in [4.78, 5) is 16.2. The second kappa shape index (κ2) is 8.64. The number of amides is 1. The first kappa shape index (κ1) is 21.5. The summed E-state index contributed by atoms with van der Waals surface area (Å²) in [6.45, 7) is 8.27. The standard InChI is InChI=1S/C21H31ClN2O3S/c1-20(2,3)27-19(25)24-12-10-23(11-13-24)15-17(16-7-14-28-18(16)22)21(26)8-5-4-6-9-21/h7,14-15,26H,4-6,8-13H2,1-3H3. The van der Waals surface area contributed by atoms with Crippen LogP contribution in [-0.4, -0.2) is 58.4 Å². The van der Waals surface area contributed by atoms with Gasteiger partial charge in [-0.1, -0.05) is 30.9 Å². The number of rotatable bonds is 3. The van der Waals surface area contributed by atoms with E-state index in [2.05, 4.69) is 11.1 Å². The Labute approximate surface area is 176 Å². The summed E-state index contributed by atoms with van der Waals surface area (Å²) in [6.07, 6.45) is 6.58. The molecule has 1 aliphatic heterocycles.